The minimum absolute atomic E-state index is 0.231. The highest BCUT2D eigenvalue weighted by Gasteiger charge is 2.27. The normalized spacial score (nSPS) is 11.9. The molecule has 2 rings (SSSR count). The summed E-state index contributed by atoms with van der Waals surface area (Å²) in [5.41, 5.74) is 2.63. The number of fused-ring (bicyclic) bond motifs is 1. The number of carbonyl (C=O) groups excluding carboxylic acids is 1. The molecule has 6 nitrogen and oxygen atoms in total. The Morgan fingerprint density at radius 2 is 1.88 bits per heavy atom. The van der Waals surface area contributed by atoms with Crippen LogP contribution in [0.3, 0.4) is 0 Å². The Labute approximate surface area is 143 Å². The molecule has 2 heterocycles. The van der Waals surface area contributed by atoms with Crippen LogP contribution >= 0.6 is 0 Å². The van der Waals surface area contributed by atoms with Gasteiger partial charge in [-0.1, -0.05) is 26.7 Å². The van der Waals surface area contributed by atoms with Crippen molar-refractivity contribution in [2.45, 2.75) is 65.9 Å². The van der Waals surface area contributed by atoms with Crippen LogP contribution in [0.15, 0.2) is 6.07 Å². The summed E-state index contributed by atoms with van der Waals surface area (Å²) in [4.78, 5) is 17.2. The Hall–Kier alpha value is -1.95. The second kappa shape index (κ2) is 7.30. The number of carbonyl (C=O) groups is 1. The van der Waals surface area contributed by atoms with Crippen LogP contribution in [0.25, 0.3) is 5.65 Å². The molecule has 2 N–H and O–H groups in total. The minimum atomic E-state index is -0.852. The number of nitrogens with zero attached hydrogens (tertiary/aromatic N) is 3. The zero-order valence-corrected chi connectivity index (χ0v) is 15.3. The Kier molecular flexibility index (Phi) is 5.59. The second-order valence-electron chi connectivity index (χ2n) is 6.64. The SMILES string of the molecule is CCCC(O)(CCC)CNC(=O)c1c(C)nn2c(C)cc(C)nc12. The molecule has 1 amide bonds. The number of amides is 1. The molecule has 132 valence electrons. The number of hydrogen-bond acceptors (Lipinski definition) is 4. The van der Waals surface area contributed by atoms with Gasteiger partial charge in [0.05, 0.1) is 11.3 Å². The van der Waals surface area contributed by atoms with E-state index in [0.29, 0.717) is 29.7 Å². The first-order chi connectivity index (χ1) is 11.3. The van der Waals surface area contributed by atoms with Gasteiger partial charge in [0, 0.05) is 17.9 Å². The quantitative estimate of drug-likeness (QED) is 0.817. The highest BCUT2D eigenvalue weighted by atomic mass is 16.3. The topological polar surface area (TPSA) is 79.5 Å². The Bertz CT molecular complexity index is 730. The lowest BCUT2D eigenvalue weighted by atomic mass is 9.92. The van der Waals surface area contributed by atoms with E-state index >= 15 is 0 Å². The maximum absolute atomic E-state index is 12.7. The van der Waals surface area contributed by atoms with Crippen molar-refractivity contribution < 1.29 is 9.90 Å². The maximum Gasteiger partial charge on any atom is 0.257 e. The van der Waals surface area contributed by atoms with Crippen molar-refractivity contribution in [2.75, 3.05) is 6.54 Å². The monoisotopic (exact) mass is 332 g/mol. The van der Waals surface area contributed by atoms with Crippen molar-refractivity contribution in [3.05, 3.63) is 28.7 Å². The predicted octanol–water partition coefficient (Wildman–Crippen LogP) is 2.72. The lowest BCUT2D eigenvalue weighted by molar-refractivity contribution is 0.0213. The van der Waals surface area contributed by atoms with E-state index in [1.165, 1.54) is 0 Å². The zero-order chi connectivity index (χ0) is 17.9. The fraction of sp³-hybridized carbons (Fsp3) is 0.611. The van der Waals surface area contributed by atoms with Crippen LogP contribution in [-0.4, -0.2) is 37.8 Å². The smallest absolute Gasteiger partial charge is 0.257 e. The van der Waals surface area contributed by atoms with Gasteiger partial charge < -0.3 is 10.4 Å². The van der Waals surface area contributed by atoms with Crippen molar-refractivity contribution in [2.24, 2.45) is 0 Å². The van der Waals surface area contributed by atoms with E-state index in [-0.39, 0.29) is 12.5 Å². The van der Waals surface area contributed by atoms with Crippen molar-refractivity contribution in [1.29, 1.82) is 0 Å². The molecule has 0 aliphatic heterocycles. The van der Waals surface area contributed by atoms with Crippen molar-refractivity contribution in [1.82, 2.24) is 19.9 Å². The van der Waals surface area contributed by atoms with Gasteiger partial charge in [-0.15, -0.1) is 0 Å². The van der Waals surface area contributed by atoms with E-state index < -0.39 is 5.60 Å². The molecule has 2 aromatic heterocycles. The highest BCUT2D eigenvalue weighted by molar-refractivity contribution is 6.01. The number of aryl methyl sites for hydroxylation is 3. The fourth-order valence-electron chi connectivity index (χ4n) is 3.26. The van der Waals surface area contributed by atoms with Crippen LogP contribution < -0.4 is 5.32 Å². The third kappa shape index (κ3) is 3.75. The molecule has 0 bridgehead atoms. The summed E-state index contributed by atoms with van der Waals surface area (Å²) in [6.07, 6.45) is 3.10. The first-order valence-corrected chi connectivity index (χ1v) is 8.65. The van der Waals surface area contributed by atoms with E-state index in [2.05, 4.69) is 15.4 Å². The van der Waals surface area contributed by atoms with Crippen LogP contribution in [0, 0.1) is 20.8 Å². The molecule has 0 aromatic carbocycles. The van der Waals surface area contributed by atoms with Gasteiger partial charge >= 0.3 is 0 Å². The number of nitrogens with one attached hydrogen (secondary N) is 1. The molecule has 6 heteroatoms. The number of aliphatic hydroxyl groups is 1. The molecular formula is C18H28N4O2. The van der Waals surface area contributed by atoms with Crippen LogP contribution in [0.4, 0.5) is 0 Å². The van der Waals surface area contributed by atoms with Gasteiger partial charge in [-0.3, -0.25) is 4.79 Å². The van der Waals surface area contributed by atoms with Crippen molar-refractivity contribution in [3.8, 4) is 0 Å². The number of rotatable bonds is 7. The highest BCUT2D eigenvalue weighted by Crippen LogP contribution is 2.20. The fourth-order valence-corrected chi connectivity index (χ4v) is 3.26. The van der Waals surface area contributed by atoms with Crippen LogP contribution in [0.5, 0.6) is 0 Å². The Balaban J connectivity index is 2.27. The molecule has 0 saturated heterocycles. The van der Waals surface area contributed by atoms with Gasteiger partial charge in [-0.05, 0) is 39.7 Å². The molecule has 0 atom stereocenters. The molecule has 0 spiro atoms. The molecule has 0 unspecified atom stereocenters. The van der Waals surface area contributed by atoms with Gasteiger partial charge in [-0.25, -0.2) is 9.50 Å². The summed E-state index contributed by atoms with van der Waals surface area (Å²) in [5, 5.41) is 18.0. The van der Waals surface area contributed by atoms with E-state index in [1.54, 1.807) is 4.52 Å². The Morgan fingerprint density at radius 3 is 2.46 bits per heavy atom. The molecular weight excluding hydrogens is 304 g/mol. The van der Waals surface area contributed by atoms with Crippen LogP contribution in [-0.2, 0) is 0 Å². The standard InChI is InChI=1S/C18H28N4O2/c1-6-8-18(24,9-7-2)11-19-17(23)15-14(5)21-22-13(4)10-12(3)20-16(15)22/h10,24H,6-9,11H2,1-5H3,(H,19,23). The molecule has 24 heavy (non-hydrogen) atoms. The van der Waals surface area contributed by atoms with Gasteiger partial charge in [0.1, 0.15) is 5.56 Å². The molecule has 2 aromatic rings. The Morgan fingerprint density at radius 1 is 1.25 bits per heavy atom. The molecule has 0 aliphatic rings. The summed E-state index contributed by atoms with van der Waals surface area (Å²) in [6, 6.07) is 1.93. The lowest BCUT2D eigenvalue weighted by Crippen LogP contribution is -2.43. The minimum Gasteiger partial charge on any atom is -0.388 e. The molecule has 0 saturated carbocycles. The first-order valence-electron chi connectivity index (χ1n) is 8.65. The van der Waals surface area contributed by atoms with Crippen molar-refractivity contribution >= 4 is 11.6 Å². The number of hydrogen-bond donors (Lipinski definition) is 2. The summed E-state index contributed by atoms with van der Waals surface area (Å²) in [5.74, 6) is -0.231. The molecule has 0 aliphatic carbocycles. The van der Waals surface area contributed by atoms with E-state index in [1.807, 2.05) is 40.7 Å². The van der Waals surface area contributed by atoms with Gasteiger partial charge in [-0.2, -0.15) is 5.10 Å². The van der Waals surface area contributed by atoms with Gasteiger partial charge in [0.25, 0.3) is 5.91 Å². The summed E-state index contributed by atoms with van der Waals surface area (Å²) < 4.78 is 1.70. The van der Waals surface area contributed by atoms with Gasteiger partial charge in [0.15, 0.2) is 5.65 Å². The van der Waals surface area contributed by atoms with Crippen LogP contribution in [0.2, 0.25) is 0 Å². The van der Waals surface area contributed by atoms with Gasteiger partial charge in [0.2, 0.25) is 0 Å². The average molecular weight is 332 g/mol. The largest absolute Gasteiger partial charge is 0.388 e. The zero-order valence-electron chi connectivity index (χ0n) is 15.3. The van der Waals surface area contributed by atoms with Crippen LogP contribution in [0.1, 0.15) is 67.0 Å². The maximum atomic E-state index is 12.7. The summed E-state index contributed by atoms with van der Waals surface area (Å²) >= 11 is 0. The summed E-state index contributed by atoms with van der Waals surface area (Å²) in [6.45, 7) is 9.97. The summed E-state index contributed by atoms with van der Waals surface area (Å²) in [7, 11) is 0. The van der Waals surface area contributed by atoms with E-state index in [9.17, 15) is 9.90 Å². The number of aromatic nitrogens is 3. The second-order valence-corrected chi connectivity index (χ2v) is 6.64. The predicted molar refractivity (Wildman–Crippen MR) is 94.3 cm³/mol. The van der Waals surface area contributed by atoms with E-state index in [4.69, 9.17) is 0 Å². The lowest BCUT2D eigenvalue weighted by Gasteiger charge is -2.27. The molecule has 0 fully saturated rings. The average Bonchev–Trinajstić information content (AvgIpc) is 2.82. The first kappa shape index (κ1) is 18.4. The third-order valence-corrected chi connectivity index (χ3v) is 4.31. The molecule has 0 radical (unpaired) electrons. The van der Waals surface area contributed by atoms with Crippen molar-refractivity contribution in [3.63, 3.8) is 0 Å². The van der Waals surface area contributed by atoms with E-state index in [0.717, 1.165) is 24.2 Å². The third-order valence-electron chi connectivity index (χ3n) is 4.31.